The molecule has 0 aliphatic heterocycles. The van der Waals surface area contributed by atoms with Crippen molar-refractivity contribution in [2.45, 2.75) is 68.4 Å². The summed E-state index contributed by atoms with van der Waals surface area (Å²) in [4.78, 5) is 11.2. The molecule has 0 amide bonds. The fourth-order valence-electron chi connectivity index (χ4n) is 7.11. The highest BCUT2D eigenvalue weighted by atomic mass is 32.2. The second-order valence-corrected chi connectivity index (χ2v) is 13.9. The molecule has 0 bridgehead atoms. The van der Waals surface area contributed by atoms with Crippen molar-refractivity contribution in [2.75, 3.05) is 0 Å². The minimum absolute atomic E-state index is 0.0440. The number of aryl methyl sites for hydroxylation is 1. The molecule has 3 unspecified atom stereocenters. The number of esters is 1. The largest absolute Gasteiger partial charge is 0.427 e. The standard InChI is InChI=1S/C26H31NO7S2/c1-16(28)33-18-7-9-21-17(14-18)6-8-23-22(21)12-13-26(2)24(23)10-11-25(26)36(31,32)34-19-4-3-5-20(15-19)35(27,29)30/h3-5,7,9,14-15,22-25H,6,8,10-13H2,1-2H3,(H2,27,29,30)/t22?,23?,24?,25-,26-/m0/s1. The second kappa shape index (κ2) is 8.85. The van der Waals surface area contributed by atoms with Gasteiger partial charge in [0, 0.05) is 13.0 Å². The molecule has 0 radical (unpaired) electrons. The molecule has 3 aliphatic rings. The molecule has 0 spiro atoms. The molecule has 5 rings (SSSR count). The summed E-state index contributed by atoms with van der Waals surface area (Å²) in [5, 5.41) is 4.53. The van der Waals surface area contributed by atoms with Gasteiger partial charge in [0.1, 0.15) is 16.7 Å². The van der Waals surface area contributed by atoms with Crippen molar-refractivity contribution >= 4 is 26.1 Å². The maximum absolute atomic E-state index is 13.5. The average molecular weight is 534 g/mol. The van der Waals surface area contributed by atoms with E-state index in [2.05, 4.69) is 13.0 Å². The van der Waals surface area contributed by atoms with E-state index in [1.165, 1.54) is 36.2 Å². The quantitative estimate of drug-likeness (QED) is 0.350. The van der Waals surface area contributed by atoms with Gasteiger partial charge in [-0.25, -0.2) is 13.6 Å². The molecular formula is C26H31NO7S2. The summed E-state index contributed by atoms with van der Waals surface area (Å²) in [6.45, 7) is 3.47. The van der Waals surface area contributed by atoms with E-state index in [1.54, 1.807) is 0 Å². The first kappa shape index (κ1) is 25.2. The van der Waals surface area contributed by atoms with Crippen LogP contribution in [-0.2, 0) is 31.4 Å². The Hall–Kier alpha value is -2.43. The Morgan fingerprint density at radius 2 is 1.78 bits per heavy atom. The van der Waals surface area contributed by atoms with Crippen LogP contribution in [0.5, 0.6) is 11.5 Å². The predicted molar refractivity (Wildman–Crippen MR) is 134 cm³/mol. The minimum atomic E-state index is -4.00. The third-order valence-electron chi connectivity index (χ3n) is 8.57. The van der Waals surface area contributed by atoms with Crippen molar-refractivity contribution in [1.82, 2.24) is 0 Å². The lowest BCUT2D eigenvalue weighted by Crippen LogP contribution is -2.47. The van der Waals surface area contributed by atoms with Gasteiger partial charge >= 0.3 is 16.1 Å². The minimum Gasteiger partial charge on any atom is -0.427 e. The number of hydrogen-bond acceptors (Lipinski definition) is 7. The maximum Gasteiger partial charge on any atom is 0.312 e. The third-order valence-corrected chi connectivity index (χ3v) is 11.4. The Bertz CT molecular complexity index is 1420. The zero-order valence-corrected chi connectivity index (χ0v) is 22.0. The first-order valence-electron chi connectivity index (χ1n) is 12.3. The van der Waals surface area contributed by atoms with Gasteiger partial charge in [0.15, 0.2) is 0 Å². The van der Waals surface area contributed by atoms with Gasteiger partial charge in [0.25, 0.3) is 0 Å². The van der Waals surface area contributed by atoms with E-state index >= 15 is 0 Å². The number of primary sulfonamides is 1. The van der Waals surface area contributed by atoms with Gasteiger partial charge in [-0.15, -0.1) is 0 Å². The van der Waals surface area contributed by atoms with Gasteiger partial charge in [-0.2, -0.15) is 8.42 Å². The van der Waals surface area contributed by atoms with E-state index in [1.807, 2.05) is 12.1 Å². The molecule has 0 aromatic heterocycles. The first-order chi connectivity index (χ1) is 16.9. The van der Waals surface area contributed by atoms with E-state index in [4.69, 9.17) is 14.1 Å². The number of hydrogen-bond donors (Lipinski definition) is 1. The van der Waals surface area contributed by atoms with Crippen LogP contribution >= 0.6 is 0 Å². The number of benzene rings is 2. The number of ether oxygens (including phenoxy) is 1. The predicted octanol–water partition coefficient (Wildman–Crippen LogP) is 3.89. The molecule has 8 nitrogen and oxygen atoms in total. The van der Waals surface area contributed by atoms with Crippen LogP contribution in [0.15, 0.2) is 47.4 Å². The highest BCUT2D eigenvalue weighted by molar-refractivity contribution is 7.89. The molecule has 2 N–H and O–H groups in total. The normalized spacial score (nSPS) is 29.5. The van der Waals surface area contributed by atoms with Gasteiger partial charge in [-0.3, -0.25) is 4.79 Å². The Morgan fingerprint density at radius 3 is 2.50 bits per heavy atom. The lowest BCUT2D eigenvalue weighted by Gasteiger charge is -2.50. The van der Waals surface area contributed by atoms with Crippen LogP contribution in [0.1, 0.15) is 63.0 Å². The van der Waals surface area contributed by atoms with Crippen LogP contribution in [-0.4, -0.2) is 28.1 Å². The Labute approximate surface area is 212 Å². The van der Waals surface area contributed by atoms with Gasteiger partial charge < -0.3 is 8.92 Å². The molecule has 0 heterocycles. The monoisotopic (exact) mass is 533 g/mol. The molecule has 2 aromatic rings. The van der Waals surface area contributed by atoms with Gasteiger partial charge in [0.2, 0.25) is 10.0 Å². The zero-order valence-electron chi connectivity index (χ0n) is 20.3. The van der Waals surface area contributed by atoms with E-state index in [-0.39, 0.29) is 22.5 Å². The molecule has 2 aromatic carbocycles. The van der Waals surface area contributed by atoms with E-state index in [0.29, 0.717) is 24.0 Å². The van der Waals surface area contributed by atoms with E-state index in [0.717, 1.165) is 38.2 Å². The van der Waals surface area contributed by atoms with Crippen LogP contribution in [0.2, 0.25) is 0 Å². The van der Waals surface area contributed by atoms with Crippen LogP contribution in [0.25, 0.3) is 0 Å². The lowest BCUT2D eigenvalue weighted by atomic mass is 9.56. The Balaban J connectivity index is 1.38. The SMILES string of the molecule is CC(=O)Oc1ccc2c(c1)CCC1C2CC[C@@]2(C)C1CC[C@@H]2S(=O)(=O)Oc1cccc(S(N)(=O)=O)c1. The van der Waals surface area contributed by atoms with Crippen molar-refractivity contribution in [1.29, 1.82) is 0 Å². The van der Waals surface area contributed by atoms with Crippen LogP contribution in [0.3, 0.4) is 0 Å². The molecule has 194 valence electrons. The zero-order chi connectivity index (χ0) is 25.9. The van der Waals surface area contributed by atoms with Crippen molar-refractivity contribution < 1.29 is 30.6 Å². The maximum atomic E-state index is 13.5. The van der Waals surface area contributed by atoms with Crippen LogP contribution in [0, 0.1) is 17.3 Å². The summed E-state index contributed by atoms with van der Waals surface area (Å²) in [6, 6.07) is 11.2. The Morgan fingerprint density at radius 1 is 1.00 bits per heavy atom. The summed E-state index contributed by atoms with van der Waals surface area (Å²) in [7, 11) is -7.98. The van der Waals surface area contributed by atoms with Crippen molar-refractivity contribution in [2.24, 2.45) is 22.4 Å². The molecule has 10 heteroatoms. The van der Waals surface area contributed by atoms with Gasteiger partial charge in [0.05, 0.1) is 4.90 Å². The molecule has 5 atom stereocenters. The summed E-state index contributed by atoms with van der Waals surface area (Å²) >= 11 is 0. The average Bonchev–Trinajstić information content (AvgIpc) is 3.16. The lowest BCUT2D eigenvalue weighted by molar-refractivity contribution is -0.131. The third kappa shape index (κ3) is 4.43. The van der Waals surface area contributed by atoms with E-state index < -0.39 is 30.8 Å². The Kier molecular flexibility index (Phi) is 6.20. The molecule has 0 saturated heterocycles. The topological polar surface area (TPSA) is 130 Å². The number of sulfonamides is 1. The van der Waals surface area contributed by atoms with Crippen molar-refractivity contribution in [3.63, 3.8) is 0 Å². The molecule has 3 aliphatic carbocycles. The number of rotatable bonds is 5. The van der Waals surface area contributed by atoms with Crippen LogP contribution < -0.4 is 14.1 Å². The van der Waals surface area contributed by atoms with Crippen LogP contribution in [0.4, 0.5) is 0 Å². The highest BCUT2D eigenvalue weighted by Gasteiger charge is 2.59. The molecule has 2 saturated carbocycles. The fraction of sp³-hybridized carbons (Fsp3) is 0.500. The summed E-state index contributed by atoms with van der Waals surface area (Å²) in [6.07, 6.45) is 4.79. The van der Waals surface area contributed by atoms with E-state index in [9.17, 15) is 21.6 Å². The van der Waals surface area contributed by atoms with Crippen molar-refractivity contribution in [3.05, 3.63) is 53.6 Å². The summed E-state index contributed by atoms with van der Waals surface area (Å²) in [5.41, 5.74) is 2.07. The van der Waals surface area contributed by atoms with Gasteiger partial charge in [-0.05, 0) is 97.1 Å². The molecular weight excluding hydrogens is 502 g/mol. The molecule has 36 heavy (non-hydrogen) atoms. The highest BCUT2D eigenvalue weighted by Crippen LogP contribution is 2.62. The van der Waals surface area contributed by atoms with Gasteiger partial charge in [-0.1, -0.05) is 19.1 Å². The first-order valence-corrected chi connectivity index (χ1v) is 15.3. The smallest absolute Gasteiger partial charge is 0.312 e. The fourth-order valence-corrected chi connectivity index (χ4v) is 9.52. The molecule has 2 fully saturated rings. The summed E-state index contributed by atoms with van der Waals surface area (Å²) < 4.78 is 61.0. The van der Waals surface area contributed by atoms with Crippen molar-refractivity contribution in [3.8, 4) is 11.5 Å². The number of carbonyl (C=O) groups is 1. The number of nitrogens with two attached hydrogens (primary N) is 1. The number of carbonyl (C=O) groups excluding carboxylic acids is 1. The summed E-state index contributed by atoms with van der Waals surface area (Å²) in [5.74, 6) is 1.16. The number of fused-ring (bicyclic) bond motifs is 5. The second-order valence-electron chi connectivity index (χ2n) is 10.6.